The molecule has 2 aromatic heterocycles. The van der Waals surface area contributed by atoms with Crippen molar-refractivity contribution in [3.8, 4) is 11.3 Å². The summed E-state index contributed by atoms with van der Waals surface area (Å²) in [6.45, 7) is 10.3. The zero-order valence-corrected chi connectivity index (χ0v) is 25.7. The van der Waals surface area contributed by atoms with Crippen molar-refractivity contribution < 1.29 is 22.7 Å². The van der Waals surface area contributed by atoms with Gasteiger partial charge in [0.2, 0.25) is 5.95 Å². The zero-order valence-electron chi connectivity index (χ0n) is 25.7. The number of hydrogen-bond donors (Lipinski definition) is 1. The summed E-state index contributed by atoms with van der Waals surface area (Å²) in [6, 6.07) is 5.43. The number of ether oxygens (including phenoxy) is 1. The fraction of sp³-hybridized carbons (Fsp3) is 0.484. The number of aryl methyl sites for hydroxylation is 1. The molecule has 1 amide bonds. The fourth-order valence-electron chi connectivity index (χ4n) is 5.92. The number of morpholine rings is 1. The number of alkyl halides is 2. The topological polar surface area (TPSA) is 95.8 Å². The second kappa shape index (κ2) is 12.6. The van der Waals surface area contributed by atoms with Gasteiger partial charge < -0.3 is 24.4 Å². The highest BCUT2D eigenvalue weighted by Gasteiger charge is 2.30. The second-order valence-corrected chi connectivity index (χ2v) is 11.9. The molecule has 5 rings (SSSR count). The molecule has 44 heavy (non-hydrogen) atoms. The van der Waals surface area contributed by atoms with E-state index in [0.717, 1.165) is 16.8 Å². The molecule has 0 radical (unpaired) electrons. The molecule has 2 aliphatic heterocycles. The van der Waals surface area contributed by atoms with Crippen molar-refractivity contribution in [2.75, 3.05) is 48.3 Å². The Labute approximate surface area is 254 Å². The number of likely N-dealkylation sites (N-methyl/N-ethyl adjacent to an activating group) is 1. The molecule has 0 unspecified atom stereocenters. The van der Waals surface area contributed by atoms with Crippen LogP contribution in [0.4, 0.5) is 30.5 Å². The Balaban J connectivity index is 1.58. The van der Waals surface area contributed by atoms with Crippen LogP contribution >= 0.6 is 0 Å². The van der Waals surface area contributed by atoms with E-state index in [1.54, 1.807) is 12.3 Å². The van der Waals surface area contributed by atoms with Gasteiger partial charge in [0, 0.05) is 74.9 Å². The molecule has 4 atom stereocenters. The molecule has 0 bridgehead atoms. The summed E-state index contributed by atoms with van der Waals surface area (Å²) < 4.78 is 50.7. The average molecular weight is 614 g/mol. The Bertz CT molecular complexity index is 1580. The second-order valence-electron chi connectivity index (χ2n) is 11.9. The number of piperazine rings is 1. The summed E-state index contributed by atoms with van der Waals surface area (Å²) in [7, 11) is 3.40. The number of carbonyl (C=O) groups is 1. The van der Waals surface area contributed by atoms with Crippen LogP contribution in [0.15, 0.2) is 41.5 Å². The molecular weight excluding hydrogens is 575 g/mol. The van der Waals surface area contributed by atoms with Gasteiger partial charge in [-0.05, 0) is 52.9 Å². The molecule has 1 N–H and O–H groups in total. The van der Waals surface area contributed by atoms with Crippen molar-refractivity contribution in [3.05, 3.63) is 64.0 Å². The summed E-state index contributed by atoms with van der Waals surface area (Å²) in [5.41, 5.74) is -0.614. The normalized spacial score (nSPS) is 22.9. The van der Waals surface area contributed by atoms with E-state index in [-0.39, 0.29) is 41.1 Å². The fourth-order valence-corrected chi connectivity index (χ4v) is 5.92. The maximum Gasteiger partial charge on any atom is 0.264 e. The molecule has 2 saturated heterocycles. The molecule has 3 aromatic rings. The first kappa shape index (κ1) is 31.5. The van der Waals surface area contributed by atoms with Crippen molar-refractivity contribution in [1.82, 2.24) is 19.4 Å². The Morgan fingerprint density at radius 3 is 2.30 bits per heavy atom. The predicted octanol–water partition coefficient (Wildman–Crippen LogP) is 4.31. The molecule has 10 nitrogen and oxygen atoms in total. The van der Waals surface area contributed by atoms with E-state index in [4.69, 9.17) is 4.74 Å². The Kier molecular flexibility index (Phi) is 8.98. The van der Waals surface area contributed by atoms with E-state index in [9.17, 15) is 18.4 Å². The molecule has 0 saturated carbocycles. The minimum Gasteiger partial charge on any atom is -0.372 e. The van der Waals surface area contributed by atoms with E-state index in [2.05, 4.69) is 34.0 Å². The molecule has 13 heteroatoms. The number of nitrogens with one attached hydrogen (secondary N) is 1. The van der Waals surface area contributed by atoms with Crippen LogP contribution in [0.5, 0.6) is 0 Å². The van der Waals surface area contributed by atoms with Crippen LogP contribution in [0.1, 0.15) is 50.0 Å². The SMILES string of the molecule is C[C@@H]1CN(c2nccc(-c3cc(NC(=O)c4cn(C)c(=O)cc4C(F)F)c(N4C[C@@H](C)N(C)[C@@H](C)C4)cc3F)n2)C[C@H](C)O1. The largest absolute Gasteiger partial charge is 0.372 e. The van der Waals surface area contributed by atoms with Crippen LogP contribution in [0.3, 0.4) is 0 Å². The van der Waals surface area contributed by atoms with Crippen LogP contribution in [0, 0.1) is 5.82 Å². The van der Waals surface area contributed by atoms with Gasteiger partial charge in [0.1, 0.15) is 5.82 Å². The summed E-state index contributed by atoms with van der Waals surface area (Å²) in [5, 5.41) is 2.75. The highest BCUT2D eigenvalue weighted by atomic mass is 19.3. The van der Waals surface area contributed by atoms with E-state index in [1.807, 2.05) is 30.7 Å². The van der Waals surface area contributed by atoms with Crippen LogP contribution in [-0.4, -0.2) is 82.9 Å². The predicted molar refractivity (Wildman–Crippen MR) is 163 cm³/mol. The lowest BCUT2D eigenvalue weighted by Crippen LogP contribution is -2.55. The number of rotatable bonds is 6. The van der Waals surface area contributed by atoms with Crippen molar-refractivity contribution in [2.24, 2.45) is 7.05 Å². The van der Waals surface area contributed by atoms with Crippen LogP contribution in [-0.2, 0) is 11.8 Å². The highest BCUT2D eigenvalue weighted by Crippen LogP contribution is 2.36. The van der Waals surface area contributed by atoms with Crippen molar-refractivity contribution in [3.63, 3.8) is 0 Å². The first-order valence-electron chi connectivity index (χ1n) is 14.7. The van der Waals surface area contributed by atoms with Crippen molar-refractivity contribution in [1.29, 1.82) is 0 Å². The number of hydrogen-bond acceptors (Lipinski definition) is 8. The monoisotopic (exact) mass is 613 g/mol. The molecule has 2 fully saturated rings. The molecule has 0 aliphatic carbocycles. The van der Waals surface area contributed by atoms with E-state index < -0.39 is 29.3 Å². The third-order valence-corrected chi connectivity index (χ3v) is 8.40. The van der Waals surface area contributed by atoms with Crippen LogP contribution in [0.25, 0.3) is 11.3 Å². The first-order chi connectivity index (χ1) is 20.8. The Morgan fingerprint density at radius 2 is 1.66 bits per heavy atom. The van der Waals surface area contributed by atoms with E-state index in [0.29, 0.717) is 43.5 Å². The molecule has 4 heterocycles. The van der Waals surface area contributed by atoms with Crippen LogP contribution in [0.2, 0.25) is 0 Å². The lowest BCUT2D eigenvalue weighted by molar-refractivity contribution is -0.00571. The third-order valence-electron chi connectivity index (χ3n) is 8.40. The van der Waals surface area contributed by atoms with E-state index >= 15 is 4.39 Å². The van der Waals surface area contributed by atoms with Crippen LogP contribution < -0.4 is 20.7 Å². The number of aromatic nitrogens is 3. The number of pyridine rings is 1. The minimum absolute atomic E-state index is 0.0344. The minimum atomic E-state index is -3.04. The summed E-state index contributed by atoms with van der Waals surface area (Å²) in [6.07, 6.45) is -0.473. The maximum atomic E-state index is 16.0. The number of nitrogens with zero attached hydrogens (tertiary/aromatic N) is 6. The van der Waals surface area contributed by atoms with Gasteiger partial charge in [-0.2, -0.15) is 0 Å². The average Bonchev–Trinajstić information content (AvgIpc) is 2.97. The van der Waals surface area contributed by atoms with Gasteiger partial charge in [-0.3, -0.25) is 14.5 Å². The first-order valence-corrected chi connectivity index (χ1v) is 14.7. The Morgan fingerprint density at radius 1 is 1.00 bits per heavy atom. The third kappa shape index (κ3) is 6.43. The van der Waals surface area contributed by atoms with Crippen molar-refractivity contribution >= 4 is 23.2 Å². The van der Waals surface area contributed by atoms with Crippen molar-refractivity contribution in [2.45, 2.75) is 58.4 Å². The Hall–Kier alpha value is -3.97. The lowest BCUT2D eigenvalue weighted by Gasteiger charge is -2.44. The van der Waals surface area contributed by atoms with Gasteiger partial charge in [0.15, 0.2) is 0 Å². The van der Waals surface area contributed by atoms with E-state index in [1.165, 1.54) is 19.2 Å². The van der Waals surface area contributed by atoms with Gasteiger partial charge in [-0.25, -0.2) is 23.1 Å². The van der Waals surface area contributed by atoms with Gasteiger partial charge in [0.25, 0.3) is 17.9 Å². The van der Waals surface area contributed by atoms with Gasteiger partial charge in [-0.1, -0.05) is 0 Å². The molecule has 1 aromatic carbocycles. The number of benzene rings is 1. The maximum absolute atomic E-state index is 16.0. The molecule has 2 aliphatic rings. The molecule has 0 spiro atoms. The highest BCUT2D eigenvalue weighted by molar-refractivity contribution is 6.07. The zero-order chi connectivity index (χ0) is 31.9. The number of halogens is 3. The summed E-state index contributed by atoms with van der Waals surface area (Å²) in [4.78, 5) is 40.9. The number of carbonyl (C=O) groups excluding carboxylic acids is 1. The summed E-state index contributed by atoms with van der Waals surface area (Å²) >= 11 is 0. The number of amides is 1. The smallest absolute Gasteiger partial charge is 0.264 e. The van der Waals surface area contributed by atoms with Gasteiger partial charge >= 0.3 is 0 Å². The quantitative estimate of drug-likeness (QED) is 0.440. The summed E-state index contributed by atoms with van der Waals surface area (Å²) in [5.74, 6) is -0.974. The van der Waals surface area contributed by atoms with Gasteiger partial charge in [-0.15, -0.1) is 0 Å². The van der Waals surface area contributed by atoms with Gasteiger partial charge in [0.05, 0.1) is 34.8 Å². The lowest BCUT2D eigenvalue weighted by atomic mass is 10.0. The molecule has 236 valence electrons. The number of anilines is 3. The standard InChI is InChI=1S/C31H38F3N7O3/c1-17-12-40(13-18(2)39(17)6)27-11-24(32)22(25-7-8-35-31(37-25)41-14-19(3)44-20(4)15-41)9-26(27)36-30(43)23-16-38(5)28(42)10-21(23)29(33)34/h7-11,16-20,29H,12-15H2,1-6H3,(H,36,43)/t17-,18+,19-,20+. The molecular formula is C31H38F3N7O3.